The minimum atomic E-state index is -0.473. The summed E-state index contributed by atoms with van der Waals surface area (Å²) in [5.41, 5.74) is 0.722. The highest BCUT2D eigenvalue weighted by Gasteiger charge is 2.03. The number of nitrogens with one attached hydrogen (secondary N) is 1. The molecule has 0 bridgehead atoms. The number of hydrogen-bond donors (Lipinski definition) is 2. The molecule has 0 saturated heterocycles. The van der Waals surface area contributed by atoms with Gasteiger partial charge < -0.3 is 10.4 Å². The van der Waals surface area contributed by atoms with Gasteiger partial charge in [-0.1, -0.05) is 6.92 Å². The van der Waals surface area contributed by atoms with Gasteiger partial charge in [0.05, 0.1) is 11.0 Å². The minimum absolute atomic E-state index is 0.0140. The van der Waals surface area contributed by atoms with Gasteiger partial charge in [0.25, 0.3) is 5.69 Å². The number of rotatable bonds is 7. The third-order valence-electron chi connectivity index (χ3n) is 2.78. The molecular weight excluding hydrogens is 260 g/mol. The van der Waals surface area contributed by atoms with Crippen LogP contribution in [0.1, 0.15) is 25.3 Å². The number of nitro benzene ring substituents is 1. The Morgan fingerprint density at radius 1 is 1.45 bits per heavy atom. The Bertz CT molecular complexity index is 482. The van der Waals surface area contributed by atoms with E-state index in [1.54, 1.807) is 18.2 Å². The standard InChI is InChI=1S/C14H18N2O4/c1-2-13(17)9-10-15-14(18)8-5-11-3-6-12(7-4-11)16(19)20/h3-8,13,17H,2,9-10H2,1H3,(H,15,18)/b8-5+. The van der Waals surface area contributed by atoms with E-state index in [0.29, 0.717) is 24.9 Å². The summed E-state index contributed by atoms with van der Waals surface area (Å²) in [6, 6.07) is 5.91. The van der Waals surface area contributed by atoms with E-state index >= 15 is 0 Å². The molecule has 1 unspecified atom stereocenters. The van der Waals surface area contributed by atoms with E-state index in [2.05, 4.69) is 5.32 Å². The molecule has 0 aliphatic carbocycles. The lowest BCUT2D eigenvalue weighted by molar-refractivity contribution is -0.384. The van der Waals surface area contributed by atoms with Gasteiger partial charge in [0.15, 0.2) is 0 Å². The lowest BCUT2D eigenvalue weighted by Gasteiger charge is -2.07. The Balaban J connectivity index is 2.43. The Hall–Kier alpha value is -2.21. The van der Waals surface area contributed by atoms with Gasteiger partial charge in [0.2, 0.25) is 5.91 Å². The predicted molar refractivity (Wildman–Crippen MR) is 76.1 cm³/mol. The molecule has 108 valence electrons. The van der Waals surface area contributed by atoms with Crippen LogP contribution in [-0.4, -0.2) is 28.6 Å². The molecule has 0 radical (unpaired) electrons. The number of carbonyl (C=O) groups excluding carboxylic acids is 1. The van der Waals surface area contributed by atoms with Crippen LogP contribution >= 0.6 is 0 Å². The second-order valence-electron chi connectivity index (χ2n) is 4.32. The molecule has 0 aromatic heterocycles. The van der Waals surface area contributed by atoms with Crippen LogP contribution in [-0.2, 0) is 4.79 Å². The number of nitro groups is 1. The molecule has 6 heteroatoms. The topological polar surface area (TPSA) is 92.5 Å². The van der Waals surface area contributed by atoms with E-state index < -0.39 is 11.0 Å². The largest absolute Gasteiger partial charge is 0.393 e. The lowest BCUT2D eigenvalue weighted by atomic mass is 10.2. The molecule has 0 saturated carbocycles. The fraction of sp³-hybridized carbons (Fsp3) is 0.357. The smallest absolute Gasteiger partial charge is 0.269 e. The molecule has 1 rings (SSSR count). The number of non-ortho nitro benzene ring substituents is 1. The van der Waals surface area contributed by atoms with Crippen LogP contribution in [0.2, 0.25) is 0 Å². The number of hydrogen-bond acceptors (Lipinski definition) is 4. The third kappa shape index (κ3) is 5.62. The summed E-state index contributed by atoms with van der Waals surface area (Å²) in [5.74, 6) is -0.258. The highest BCUT2D eigenvalue weighted by Crippen LogP contribution is 2.12. The number of aliphatic hydroxyl groups excluding tert-OH is 1. The summed E-state index contributed by atoms with van der Waals surface area (Å²) in [6.45, 7) is 2.29. The monoisotopic (exact) mass is 278 g/mol. The molecule has 1 aromatic carbocycles. The van der Waals surface area contributed by atoms with Gasteiger partial charge in [0.1, 0.15) is 0 Å². The summed E-state index contributed by atoms with van der Waals surface area (Å²) < 4.78 is 0. The predicted octanol–water partition coefficient (Wildman–Crippen LogP) is 1.89. The van der Waals surface area contributed by atoms with Crippen molar-refractivity contribution in [3.05, 3.63) is 46.0 Å². The zero-order valence-corrected chi connectivity index (χ0v) is 11.3. The van der Waals surface area contributed by atoms with Crippen molar-refractivity contribution in [1.29, 1.82) is 0 Å². The molecule has 0 aliphatic rings. The van der Waals surface area contributed by atoms with Crippen molar-refractivity contribution in [2.45, 2.75) is 25.9 Å². The first-order valence-corrected chi connectivity index (χ1v) is 6.41. The Morgan fingerprint density at radius 2 is 2.10 bits per heavy atom. The fourth-order valence-electron chi connectivity index (χ4n) is 1.50. The van der Waals surface area contributed by atoms with Crippen LogP contribution in [0.3, 0.4) is 0 Å². The maximum atomic E-state index is 11.5. The summed E-state index contributed by atoms with van der Waals surface area (Å²) in [7, 11) is 0. The Labute approximate surface area is 117 Å². The Morgan fingerprint density at radius 3 is 2.65 bits per heavy atom. The first kappa shape index (κ1) is 15.8. The molecule has 0 spiro atoms. The van der Waals surface area contributed by atoms with Gasteiger partial charge in [-0.25, -0.2) is 0 Å². The van der Waals surface area contributed by atoms with E-state index in [-0.39, 0.29) is 11.6 Å². The fourth-order valence-corrected chi connectivity index (χ4v) is 1.50. The molecule has 6 nitrogen and oxygen atoms in total. The highest BCUT2D eigenvalue weighted by molar-refractivity contribution is 5.91. The van der Waals surface area contributed by atoms with Crippen molar-refractivity contribution in [1.82, 2.24) is 5.32 Å². The average molecular weight is 278 g/mol. The number of amides is 1. The molecule has 1 atom stereocenters. The first-order chi connectivity index (χ1) is 9.52. The third-order valence-corrected chi connectivity index (χ3v) is 2.78. The van der Waals surface area contributed by atoms with Crippen LogP contribution in [0.4, 0.5) is 5.69 Å². The quantitative estimate of drug-likeness (QED) is 0.452. The number of carbonyl (C=O) groups is 1. The molecule has 0 heterocycles. The van der Waals surface area contributed by atoms with Gasteiger partial charge in [-0.05, 0) is 36.6 Å². The molecule has 1 aromatic rings. The number of nitrogens with zero attached hydrogens (tertiary/aromatic N) is 1. The summed E-state index contributed by atoms with van der Waals surface area (Å²) in [5, 5.41) is 22.5. The zero-order valence-electron chi connectivity index (χ0n) is 11.3. The average Bonchev–Trinajstić information content (AvgIpc) is 2.45. The Kier molecular flexibility index (Phi) is 6.39. The summed E-state index contributed by atoms with van der Waals surface area (Å²) in [6.07, 6.45) is 3.73. The van der Waals surface area contributed by atoms with Crippen LogP contribution < -0.4 is 5.32 Å². The van der Waals surface area contributed by atoms with E-state index in [4.69, 9.17) is 0 Å². The number of aliphatic hydroxyl groups is 1. The molecule has 0 aliphatic heterocycles. The van der Waals surface area contributed by atoms with Crippen LogP contribution in [0.25, 0.3) is 6.08 Å². The van der Waals surface area contributed by atoms with E-state index in [9.17, 15) is 20.0 Å². The van der Waals surface area contributed by atoms with Crippen molar-refractivity contribution < 1.29 is 14.8 Å². The van der Waals surface area contributed by atoms with Crippen LogP contribution in [0.15, 0.2) is 30.3 Å². The van der Waals surface area contributed by atoms with E-state index in [1.165, 1.54) is 18.2 Å². The second kappa shape index (κ2) is 8.06. The summed E-state index contributed by atoms with van der Waals surface area (Å²) in [4.78, 5) is 21.5. The van der Waals surface area contributed by atoms with Gasteiger partial charge >= 0.3 is 0 Å². The van der Waals surface area contributed by atoms with Gasteiger partial charge in [0, 0.05) is 24.8 Å². The second-order valence-corrected chi connectivity index (χ2v) is 4.32. The molecular formula is C14H18N2O4. The molecule has 0 fully saturated rings. The normalized spacial score (nSPS) is 12.3. The maximum Gasteiger partial charge on any atom is 0.269 e. The maximum absolute atomic E-state index is 11.5. The molecule has 20 heavy (non-hydrogen) atoms. The van der Waals surface area contributed by atoms with E-state index in [1.807, 2.05) is 6.92 Å². The van der Waals surface area contributed by atoms with Crippen molar-refractivity contribution >= 4 is 17.7 Å². The van der Waals surface area contributed by atoms with Gasteiger partial charge in [-0.3, -0.25) is 14.9 Å². The van der Waals surface area contributed by atoms with Crippen molar-refractivity contribution in [2.75, 3.05) is 6.54 Å². The van der Waals surface area contributed by atoms with Crippen molar-refractivity contribution in [3.63, 3.8) is 0 Å². The molecule has 2 N–H and O–H groups in total. The van der Waals surface area contributed by atoms with E-state index in [0.717, 1.165) is 0 Å². The first-order valence-electron chi connectivity index (χ1n) is 6.41. The highest BCUT2D eigenvalue weighted by atomic mass is 16.6. The minimum Gasteiger partial charge on any atom is -0.393 e. The van der Waals surface area contributed by atoms with Crippen molar-refractivity contribution in [3.8, 4) is 0 Å². The van der Waals surface area contributed by atoms with Gasteiger partial charge in [-0.2, -0.15) is 0 Å². The number of benzene rings is 1. The van der Waals surface area contributed by atoms with Gasteiger partial charge in [-0.15, -0.1) is 0 Å². The van der Waals surface area contributed by atoms with Crippen LogP contribution in [0.5, 0.6) is 0 Å². The zero-order chi connectivity index (χ0) is 15.0. The molecule has 1 amide bonds. The van der Waals surface area contributed by atoms with Crippen LogP contribution in [0, 0.1) is 10.1 Å². The lowest BCUT2D eigenvalue weighted by Crippen LogP contribution is -2.25. The van der Waals surface area contributed by atoms with Crippen molar-refractivity contribution in [2.24, 2.45) is 0 Å². The SMILES string of the molecule is CCC(O)CCNC(=O)/C=C/c1ccc([N+](=O)[O-])cc1. The summed E-state index contributed by atoms with van der Waals surface area (Å²) >= 11 is 0.